The molecule has 0 bridgehead atoms. The molecule has 0 unspecified atom stereocenters. The second-order valence-electron chi connectivity index (χ2n) is 6.74. The van der Waals surface area contributed by atoms with Gasteiger partial charge < -0.3 is 9.80 Å². The molecule has 2 aromatic carbocycles. The molecule has 5 nitrogen and oxygen atoms in total. The topological polar surface area (TPSA) is 49.3 Å². The lowest BCUT2D eigenvalue weighted by molar-refractivity contribution is 0.0746. The molecule has 1 saturated heterocycles. The van der Waals surface area contributed by atoms with Gasteiger partial charge in [-0.1, -0.05) is 42.5 Å². The molecule has 1 aromatic heterocycles. The minimum atomic E-state index is 0.0909. The van der Waals surface area contributed by atoms with Gasteiger partial charge in [0.05, 0.1) is 0 Å². The number of benzene rings is 2. The second kappa shape index (κ2) is 7.58. The fourth-order valence-electron chi connectivity index (χ4n) is 3.37. The lowest BCUT2D eigenvalue weighted by atomic mass is 10.0. The maximum atomic E-state index is 12.8. The molecule has 0 aliphatic carbocycles. The lowest BCUT2D eigenvalue weighted by Crippen LogP contribution is -2.49. The van der Waals surface area contributed by atoms with Crippen LogP contribution in [0, 0.1) is 6.92 Å². The number of carbonyl (C=O) groups is 1. The number of hydrogen-bond acceptors (Lipinski definition) is 4. The molecule has 0 radical (unpaired) electrons. The quantitative estimate of drug-likeness (QED) is 0.720. The van der Waals surface area contributed by atoms with Gasteiger partial charge in [0.15, 0.2) is 0 Å². The van der Waals surface area contributed by atoms with Crippen molar-refractivity contribution in [3.63, 3.8) is 0 Å². The third kappa shape index (κ3) is 3.82. The summed E-state index contributed by atoms with van der Waals surface area (Å²) in [4.78, 5) is 25.4. The highest BCUT2D eigenvalue weighted by Crippen LogP contribution is 2.20. The summed E-state index contributed by atoms with van der Waals surface area (Å²) in [5.74, 6) is 1.02. The number of nitrogens with zero attached hydrogens (tertiary/aromatic N) is 4. The summed E-state index contributed by atoms with van der Waals surface area (Å²) < 4.78 is 0. The fraction of sp³-hybridized carbons (Fsp3) is 0.227. The van der Waals surface area contributed by atoms with Crippen molar-refractivity contribution in [2.75, 3.05) is 31.1 Å². The van der Waals surface area contributed by atoms with Crippen LogP contribution in [0.4, 0.5) is 5.82 Å². The Morgan fingerprint density at radius 2 is 1.52 bits per heavy atom. The molecule has 4 rings (SSSR count). The molecular weight excluding hydrogens is 336 g/mol. The number of carbonyl (C=O) groups excluding carboxylic acids is 1. The van der Waals surface area contributed by atoms with Gasteiger partial charge in [-0.2, -0.15) is 0 Å². The summed E-state index contributed by atoms with van der Waals surface area (Å²) in [5.41, 5.74) is 3.97. The van der Waals surface area contributed by atoms with Crippen molar-refractivity contribution < 1.29 is 4.79 Å². The smallest absolute Gasteiger partial charge is 0.253 e. The van der Waals surface area contributed by atoms with E-state index in [1.165, 1.54) is 0 Å². The third-order valence-electron chi connectivity index (χ3n) is 4.92. The Bertz CT molecular complexity index is 917. The van der Waals surface area contributed by atoms with Gasteiger partial charge in [-0.05, 0) is 30.2 Å². The van der Waals surface area contributed by atoms with Crippen molar-refractivity contribution in [2.45, 2.75) is 6.92 Å². The predicted octanol–water partition coefficient (Wildman–Crippen LogP) is 3.41. The maximum Gasteiger partial charge on any atom is 0.253 e. The zero-order chi connectivity index (χ0) is 18.6. The molecule has 0 saturated carbocycles. The number of piperazine rings is 1. The predicted molar refractivity (Wildman–Crippen MR) is 107 cm³/mol. The number of rotatable bonds is 3. The van der Waals surface area contributed by atoms with Crippen LogP contribution in [0.15, 0.2) is 67.0 Å². The Morgan fingerprint density at radius 3 is 2.19 bits per heavy atom. The van der Waals surface area contributed by atoms with E-state index < -0.39 is 0 Å². The van der Waals surface area contributed by atoms with Gasteiger partial charge in [-0.3, -0.25) is 4.79 Å². The van der Waals surface area contributed by atoms with Crippen LogP contribution in [0.1, 0.15) is 16.1 Å². The monoisotopic (exact) mass is 358 g/mol. The van der Waals surface area contributed by atoms with Gasteiger partial charge in [-0.15, -0.1) is 0 Å². The van der Waals surface area contributed by atoms with Gasteiger partial charge in [-0.25, -0.2) is 9.97 Å². The van der Waals surface area contributed by atoms with Crippen LogP contribution in [-0.4, -0.2) is 47.0 Å². The molecular formula is C22H22N4O. The Morgan fingerprint density at radius 1 is 0.852 bits per heavy atom. The number of anilines is 1. The molecule has 27 heavy (non-hydrogen) atoms. The van der Waals surface area contributed by atoms with Crippen molar-refractivity contribution >= 4 is 11.7 Å². The van der Waals surface area contributed by atoms with Crippen molar-refractivity contribution in [3.05, 3.63) is 78.2 Å². The lowest BCUT2D eigenvalue weighted by Gasteiger charge is -2.35. The summed E-state index contributed by atoms with van der Waals surface area (Å²) in [6.07, 6.45) is 1.59. The maximum absolute atomic E-state index is 12.8. The molecule has 2 heterocycles. The second-order valence-corrected chi connectivity index (χ2v) is 6.74. The number of aromatic nitrogens is 2. The van der Waals surface area contributed by atoms with E-state index in [1.807, 2.05) is 60.4 Å². The van der Waals surface area contributed by atoms with Crippen LogP contribution in [0.2, 0.25) is 0 Å². The SMILES string of the molecule is Cc1cc(N2CCN(C(=O)c3ccc(-c4ccccc4)cc3)CC2)ncn1. The molecule has 3 aromatic rings. The minimum absolute atomic E-state index is 0.0909. The Kier molecular flexibility index (Phi) is 4.83. The first kappa shape index (κ1) is 17.2. The summed E-state index contributed by atoms with van der Waals surface area (Å²) in [5, 5.41) is 0. The molecule has 5 heteroatoms. The summed E-state index contributed by atoms with van der Waals surface area (Å²) in [6.45, 7) is 4.92. The molecule has 0 spiro atoms. The number of amides is 1. The zero-order valence-corrected chi connectivity index (χ0v) is 15.4. The van der Waals surface area contributed by atoms with Crippen LogP contribution in [0.3, 0.4) is 0 Å². The molecule has 0 atom stereocenters. The van der Waals surface area contributed by atoms with E-state index in [9.17, 15) is 4.79 Å². The summed E-state index contributed by atoms with van der Waals surface area (Å²) in [7, 11) is 0. The van der Waals surface area contributed by atoms with Gasteiger partial charge in [0.25, 0.3) is 5.91 Å². The highest BCUT2D eigenvalue weighted by atomic mass is 16.2. The van der Waals surface area contributed by atoms with E-state index in [2.05, 4.69) is 27.0 Å². The van der Waals surface area contributed by atoms with E-state index in [0.29, 0.717) is 13.1 Å². The molecule has 1 aliphatic heterocycles. The van der Waals surface area contributed by atoms with Crippen LogP contribution in [0.5, 0.6) is 0 Å². The number of hydrogen-bond donors (Lipinski definition) is 0. The van der Waals surface area contributed by atoms with Gasteiger partial charge in [0.1, 0.15) is 12.1 Å². The highest BCUT2D eigenvalue weighted by Gasteiger charge is 2.23. The standard InChI is InChI=1S/C22H22N4O/c1-17-15-21(24-16-23-17)25-11-13-26(14-12-25)22(27)20-9-7-19(8-10-20)18-5-3-2-4-6-18/h2-10,15-16H,11-14H2,1H3. The normalized spacial score (nSPS) is 14.3. The number of aryl methyl sites for hydroxylation is 1. The van der Waals surface area contributed by atoms with Crippen LogP contribution >= 0.6 is 0 Å². The van der Waals surface area contributed by atoms with Gasteiger partial charge in [0, 0.05) is 43.5 Å². The molecule has 136 valence electrons. The third-order valence-corrected chi connectivity index (χ3v) is 4.92. The van der Waals surface area contributed by atoms with E-state index in [0.717, 1.165) is 41.3 Å². The summed E-state index contributed by atoms with van der Waals surface area (Å²) in [6, 6.07) is 20.1. The molecule has 1 aliphatic rings. The Balaban J connectivity index is 1.41. The van der Waals surface area contributed by atoms with Crippen LogP contribution in [-0.2, 0) is 0 Å². The van der Waals surface area contributed by atoms with E-state index in [4.69, 9.17) is 0 Å². The first-order chi connectivity index (χ1) is 13.2. The van der Waals surface area contributed by atoms with Crippen molar-refractivity contribution in [1.29, 1.82) is 0 Å². The average molecular weight is 358 g/mol. The zero-order valence-electron chi connectivity index (χ0n) is 15.4. The Labute approximate surface area is 159 Å². The first-order valence-electron chi connectivity index (χ1n) is 9.19. The molecule has 1 amide bonds. The highest BCUT2D eigenvalue weighted by molar-refractivity contribution is 5.94. The van der Waals surface area contributed by atoms with E-state index in [-0.39, 0.29) is 5.91 Å². The van der Waals surface area contributed by atoms with Crippen molar-refractivity contribution in [3.8, 4) is 11.1 Å². The van der Waals surface area contributed by atoms with Crippen molar-refractivity contribution in [1.82, 2.24) is 14.9 Å². The molecule has 0 N–H and O–H groups in total. The van der Waals surface area contributed by atoms with Gasteiger partial charge >= 0.3 is 0 Å². The van der Waals surface area contributed by atoms with Crippen LogP contribution in [0.25, 0.3) is 11.1 Å². The first-order valence-corrected chi connectivity index (χ1v) is 9.19. The summed E-state index contributed by atoms with van der Waals surface area (Å²) >= 11 is 0. The van der Waals surface area contributed by atoms with E-state index >= 15 is 0 Å². The largest absolute Gasteiger partial charge is 0.353 e. The van der Waals surface area contributed by atoms with Crippen molar-refractivity contribution in [2.24, 2.45) is 0 Å². The van der Waals surface area contributed by atoms with Gasteiger partial charge in [0.2, 0.25) is 0 Å². The van der Waals surface area contributed by atoms with E-state index in [1.54, 1.807) is 6.33 Å². The minimum Gasteiger partial charge on any atom is -0.353 e. The average Bonchev–Trinajstić information content (AvgIpc) is 2.74. The Hall–Kier alpha value is -3.21. The van der Waals surface area contributed by atoms with Crippen LogP contribution < -0.4 is 4.90 Å². The molecule has 1 fully saturated rings. The fourth-order valence-corrected chi connectivity index (χ4v) is 3.37.